The van der Waals surface area contributed by atoms with Crippen molar-refractivity contribution >= 4 is 33.7 Å². The van der Waals surface area contributed by atoms with E-state index in [1.807, 2.05) is 49.9 Å². The monoisotopic (exact) mass is 732 g/mol. The minimum absolute atomic E-state index is 0.0261. The topological polar surface area (TPSA) is 126 Å². The zero-order valence-corrected chi connectivity index (χ0v) is 31.4. The number of halogens is 1. The number of benzene rings is 3. The van der Waals surface area contributed by atoms with Gasteiger partial charge in [0, 0.05) is 40.6 Å². The Morgan fingerprint density at radius 1 is 1.09 bits per heavy atom. The normalized spacial score (nSPS) is 19.3. The summed E-state index contributed by atoms with van der Waals surface area (Å²) in [6.45, 7) is 12.0. The second-order valence-corrected chi connectivity index (χ2v) is 15.9. The fourth-order valence-corrected chi connectivity index (χ4v) is 7.68. The van der Waals surface area contributed by atoms with Gasteiger partial charge >= 0.3 is 12.1 Å². The van der Waals surface area contributed by atoms with E-state index in [2.05, 4.69) is 27.1 Å². The maximum absolute atomic E-state index is 15.8. The van der Waals surface area contributed by atoms with Gasteiger partial charge in [-0.25, -0.2) is 9.18 Å². The third-order valence-corrected chi connectivity index (χ3v) is 10.8. The zero-order chi connectivity index (χ0) is 38.1. The summed E-state index contributed by atoms with van der Waals surface area (Å²) in [6, 6.07) is 11.2. The van der Waals surface area contributed by atoms with Crippen LogP contribution in [0.5, 0.6) is 11.8 Å². The van der Waals surface area contributed by atoms with E-state index in [4.69, 9.17) is 30.6 Å². The van der Waals surface area contributed by atoms with Crippen LogP contribution in [-0.2, 0) is 11.3 Å². The van der Waals surface area contributed by atoms with Crippen molar-refractivity contribution < 1.29 is 28.5 Å². The summed E-state index contributed by atoms with van der Waals surface area (Å²) < 4.78 is 34.7. The molecule has 1 saturated carbocycles. The molecule has 0 spiro atoms. The van der Waals surface area contributed by atoms with E-state index in [9.17, 15) is 9.90 Å². The standard InChI is InChI=1S/C42H45FN6O5/c1-8-25-9-11-26(12-10-25)21-52-38-36(35-22(2)33(43)17-34-32(35)18-44-47-34)30(27-13-14-27)16-31-37(38)45-40(53-24(4)23(3)50)46-39(31)48-19-29-15-28(48)20-49(29)41(51)54-42(5,6)7/h1,9-12,16-18,23-24,27-29,50H,13-15,19-21H2,2-7H3,(H,44,47)/t23-,24-,28-,29-/m0/s1. The number of H-pyrrole nitrogens is 1. The molecule has 0 radical (unpaired) electrons. The number of aromatic nitrogens is 4. The minimum Gasteiger partial charge on any atom is -0.486 e. The van der Waals surface area contributed by atoms with Crippen molar-refractivity contribution in [3.63, 3.8) is 0 Å². The molecule has 2 aliphatic heterocycles. The Balaban J connectivity index is 1.34. The van der Waals surface area contributed by atoms with Crippen LogP contribution in [0.4, 0.5) is 15.0 Å². The Hall–Kier alpha value is -5.41. The van der Waals surface area contributed by atoms with Gasteiger partial charge < -0.3 is 29.1 Å². The number of ether oxygens (including phenoxy) is 3. The Morgan fingerprint density at radius 2 is 1.85 bits per heavy atom. The number of likely N-dealkylation sites (tertiary alicyclic amines) is 1. The predicted molar refractivity (Wildman–Crippen MR) is 204 cm³/mol. The van der Waals surface area contributed by atoms with E-state index in [1.165, 1.54) is 6.07 Å². The van der Waals surface area contributed by atoms with Gasteiger partial charge in [-0.3, -0.25) is 5.10 Å². The highest BCUT2D eigenvalue weighted by molar-refractivity contribution is 6.06. The van der Waals surface area contributed by atoms with Crippen LogP contribution < -0.4 is 14.4 Å². The number of carbonyl (C=O) groups excluding carboxylic acids is 1. The molecule has 280 valence electrons. The summed E-state index contributed by atoms with van der Waals surface area (Å²) in [7, 11) is 0. The quantitative estimate of drug-likeness (QED) is 0.149. The third-order valence-electron chi connectivity index (χ3n) is 10.8. The van der Waals surface area contributed by atoms with Crippen molar-refractivity contribution in [1.29, 1.82) is 0 Å². The minimum atomic E-state index is -0.795. The van der Waals surface area contributed by atoms with Crippen molar-refractivity contribution in [3.05, 3.63) is 70.7 Å². The number of aliphatic hydroxyl groups is 1. The van der Waals surface area contributed by atoms with E-state index >= 15 is 4.39 Å². The van der Waals surface area contributed by atoms with E-state index in [0.29, 0.717) is 46.8 Å². The fraction of sp³-hybridized carbons (Fsp3) is 0.429. The molecule has 1 amide bonds. The second kappa shape index (κ2) is 13.5. The van der Waals surface area contributed by atoms with Gasteiger partial charge in [-0.2, -0.15) is 15.1 Å². The number of anilines is 1. The Bertz CT molecular complexity index is 2310. The number of terminal acetylenes is 1. The van der Waals surface area contributed by atoms with Crippen molar-refractivity contribution in [2.75, 3.05) is 18.0 Å². The smallest absolute Gasteiger partial charge is 0.410 e. The number of hydrogen-bond acceptors (Lipinski definition) is 9. The van der Waals surface area contributed by atoms with Crippen LogP contribution in [0.25, 0.3) is 32.9 Å². The van der Waals surface area contributed by atoms with Gasteiger partial charge in [0.1, 0.15) is 35.5 Å². The maximum atomic E-state index is 15.8. The molecule has 2 saturated heterocycles. The van der Waals surface area contributed by atoms with Gasteiger partial charge in [0.15, 0.2) is 5.75 Å². The fourth-order valence-electron chi connectivity index (χ4n) is 7.68. The molecule has 5 aromatic rings. The number of piperazine rings is 1. The number of aliphatic hydroxyl groups excluding tert-OH is 1. The lowest BCUT2D eigenvalue weighted by atomic mass is 9.88. The van der Waals surface area contributed by atoms with Gasteiger partial charge in [0.25, 0.3) is 0 Å². The number of rotatable bonds is 9. The van der Waals surface area contributed by atoms with Crippen molar-refractivity contribution in [3.8, 4) is 35.2 Å². The van der Waals surface area contributed by atoms with Crippen molar-refractivity contribution in [2.45, 2.75) is 103 Å². The highest BCUT2D eigenvalue weighted by atomic mass is 19.1. The Labute approximate surface area is 313 Å². The van der Waals surface area contributed by atoms with E-state index in [1.54, 1.807) is 27.0 Å². The van der Waals surface area contributed by atoms with Crippen LogP contribution in [0, 0.1) is 25.1 Å². The van der Waals surface area contributed by atoms with Gasteiger partial charge in [-0.15, -0.1) is 6.42 Å². The molecule has 2 aromatic heterocycles. The number of carbonyl (C=O) groups is 1. The van der Waals surface area contributed by atoms with Gasteiger partial charge in [0.2, 0.25) is 0 Å². The van der Waals surface area contributed by atoms with Crippen LogP contribution >= 0.6 is 0 Å². The molecule has 0 unspecified atom stereocenters. The molecular formula is C42H45FN6O5. The van der Waals surface area contributed by atoms with Crippen molar-refractivity contribution in [1.82, 2.24) is 25.1 Å². The SMILES string of the molecule is C#Cc1ccc(COc2c(-c3c(C)c(F)cc4[nH]ncc34)c(C3CC3)cc3c(N4C[C@@H]5C[C@H]4CN5C(=O)OC(C)(C)C)nc(O[C@@H](C)[C@H](C)O)nc23)cc1. The molecule has 2 N–H and O–H groups in total. The number of hydrogen-bond donors (Lipinski definition) is 2. The number of amides is 1. The first-order chi connectivity index (χ1) is 25.8. The molecule has 54 heavy (non-hydrogen) atoms. The molecule has 3 aliphatic rings. The van der Waals surface area contributed by atoms with Gasteiger partial charge in [-0.05, 0) is 108 Å². The molecule has 4 atom stereocenters. The van der Waals surface area contributed by atoms with Crippen LogP contribution in [0.1, 0.15) is 82.1 Å². The lowest BCUT2D eigenvalue weighted by molar-refractivity contribution is 0.0214. The zero-order valence-electron chi connectivity index (χ0n) is 31.4. The molecule has 4 heterocycles. The second-order valence-electron chi connectivity index (χ2n) is 15.9. The van der Waals surface area contributed by atoms with Crippen LogP contribution in [-0.4, -0.2) is 79.2 Å². The molecule has 8 rings (SSSR count). The van der Waals surface area contributed by atoms with E-state index in [-0.39, 0.29) is 42.5 Å². The summed E-state index contributed by atoms with van der Waals surface area (Å²) >= 11 is 0. The lowest BCUT2D eigenvalue weighted by Crippen LogP contribution is -2.50. The molecular weight excluding hydrogens is 687 g/mol. The van der Waals surface area contributed by atoms with Crippen molar-refractivity contribution in [2.24, 2.45) is 0 Å². The first-order valence-electron chi connectivity index (χ1n) is 18.6. The summed E-state index contributed by atoms with van der Waals surface area (Å²) in [5.74, 6) is 3.65. The highest BCUT2D eigenvalue weighted by Gasteiger charge is 2.48. The predicted octanol–water partition coefficient (Wildman–Crippen LogP) is 7.40. The molecule has 12 heteroatoms. The van der Waals surface area contributed by atoms with Gasteiger partial charge in [0.05, 0.1) is 29.9 Å². The molecule has 3 fully saturated rings. The molecule has 11 nitrogen and oxygen atoms in total. The van der Waals surface area contributed by atoms with Gasteiger partial charge in [-0.1, -0.05) is 18.1 Å². The lowest BCUT2D eigenvalue weighted by Gasteiger charge is -2.36. The number of aromatic amines is 1. The van der Waals surface area contributed by atoms with Crippen LogP contribution in [0.3, 0.4) is 0 Å². The maximum Gasteiger partial charge on any atom is 0.410 e. The number of nitrogens with zero attached hydrogens (tertiary/aromatic N) is 5. The third kappa shape index (κ3) is 6.55. The number of fused-ring (bicyclic) bond motifs is 4. The largest absolute Gasteiger partial charge is 0.486 e. The average molecular weight is 733 g/mol. The van der Waals surface area contributed by atoms with E-state index in [0.717, 1.165) is 52.3 Å². The first-order valence-corrected chi connectivity index (χ1v) is 18.6. The summed E-state index contributed by atoms with van der Waals surface area (Å²) in [4.78, 5) is 27.3. The Morgan fingerprint density at radius 3 is 2.50 bits per heavy atom. The highest BCUT2D eigenvalue weighted by Crippen LogP contribution is 2.53. The van der Waals surface area contributed by atoms with E-state index < -0.39 is 17.8 Å². The summed E-state index contributed by atoms with van der Waals surface area (Å²) in [6.07, 6.45) is 8.33. The average Bonchev–Trinajstić information content (AvgIpc) is 3.52. The van der Waals surface area contributed by atoms with Crippen LogP contribution in [0.2, 0.25) is 0 Å². The molecule has 3 aromatic carbocycles. The summed E-state index contributed by atoms with van der Waals surface area (Å²) in [5, 5.41) is 19.2. The van der Waals surface area contributed by atoms with Crippen LogP contribution in [0.15, 0.2) is 42.6 Å². The first kappa shape index (κ1) is 35.6. The molecule has 1 aliphatic carbocycles. The molecule has 2 bridgehead atoms. The summed E-state index contributed by atoms with van der Waals surface area (Å²) in [5.41, 5.74) is 5.06. The Kier molecular flexibility index (Phi) is 8.88. The number of nitrogens with one attached hydrogen (secondary N) is 1.